The number of nitrogens with two attached hydrogens (primary N) is 1. The van der Waals surface area contributed by atoms with Crippen LogP contribution in [0, 0.1) is 0 Å². The largest absolute Gasteiger partial charge is 0.326 e. The molecule has 0 amide bonds. The summed E-state index contributed by atoms with van der Waals surface area (Å²) in [5.74, 6) is 1.11. The van der Waals surface area contributed by atoms with Crippen molar-refractivity contribution in [2.24, 2.45) is 5.73 Å². The molecule has 0 saturated heterocycles. The topological polar surface area (TPSA) is 38.9 Å². The molecule has 0 aliphatic carbocycles. The molecule has 0 aliphatic heterocycles. The SMILES string of the molecule is CCSc1ccc(-c2ncc(CN)s2)cc1. The summed E-state index contributed by atoms with van der Waals surface area (Å²) in [6.45, 7) is 2.73. The molecule has 1 aromatic carbocycles. The van der Waals surface area contributed by atoms with Crippen molar-refractivity contribution in [1.29, 1.82) is 0 Å². The van der Waals surface area contributed by atoms with E-state index < -0.39 is 0 Å². The van der Waals surface area contributed by atoms with Gasteiger partial charge in [0.15, 0.2) is 0 Å². The molecule has 0 atom stereocenters. The standard InChI is InChI=1S/C12H14N2S2/c1-2-15-10-5-3-9(4-6-10)12-14-8-11(7-13)16-12/h3-6,8H,2,7,13H2,1H3. The number of hydrogen-bond donors (Lipinski definition) is 1. The molecule has 1 aromatic heterocycles. The van der Waals surface area contributed by atoms with E-state index in [1.165, 1.54) is 10.5 Å². The Morgan fingerprint density at radius 1 is 1.31 bits per heavy atom. The van der Waals surface area contributed by atoms with E-state index >= 15 is 0 Å². The van der Waals surface area contributed by atoms with Crippen LogP contribution in [0.3, 0.4) is 0 Å². The summed E-state index contributed by atoms with van der Waals surface area (Å²) in [5.41, 5.74) is 6.74. The molecule has 0 unspecified atom stereocenters. The summed E-state index contributed by atoms with van der Waals surface area (Å²) >= 11 is 3.51. The van der Waals surface area contributed by atoms with Crippen molar-refractivity contribution < 1.29 is 0 Å². The second-order valence-electron chi connectivity index (χ2n) is 3.29. The van der Waals surface area contributed by atoms with E-state index in [2.05, 4.69) is 36.2 Å². The van der Waals surface area contributed by atoms with Gasteiger partial charge in [0.2, 0.25) is 0 Å². The Morgan fingerprint density at radius 2 is 2.06 bits per heavy atom. The molecule has 0 fully saturated rings. The van der Waals surface area contributed by atoms with Gasteiger partial charge in [-0.15, -0.1) is 23.1 Å². The number of rotatable bonds is 4. The number of aromatic nitrogens is 1. The van der Waals surface area contributed by atoms with Crippen LogP contribution in [-0.4, -0.2) is 10.7 Å². The highest BCUT2D eigenvalue weighted by Crippen LogP contribution is 2.27. The first-order valence-electron chi connectivity index (χ1n) is 5.21. The van der Waals surface area contributed by atoms with Crippen LogP contribution in [0.5, 0.6) is 0 Å². The minimum Gasteiger partial charge on any atom is -0.326 e. The lowest BCUT2D eigenvalue weighted by molar-refractivity contribution is 1.10. The van der Waals surface area contributed by atoms with Gasteiger partial charge in [0.1, 0.15) is 5.01 Å². The Morgan fingerprint density at radius 3 is 2.62 bits per heavy atom. The van der Waals surface area contributed by atoms with Crippen molar-refractivity contribution in [3.63, 3.8) is 0 Å². The summed E-state index contributed by atoms with van der Waals surface area (Å²) < 4.78 is 0. The van der Waals surface area contributed by atoms with Crippen molar-refractivity contribution >= 4 is 23.1 Å². The van der Waals surface area contributed by atoms with Crippen LogP contribution in [0.2, 0.25) is 0 Å². The smallest absolute Gasteiger partial charge is 0.123 e. The van der Waals surface area contributed by atoms with Crippen LogP contribution in [0.4, 0.5) is 0 Å². The molecule has 0 radical (unpaired) electrons. The third kappa shape index (κ3) is 2.64. The van der Waals surface area contributed by atoms with Gasteiger partial charge < -0.3 is 5.73 Å². The minimum atomic E-state index is 0.571. The number of nitrogens with zero attached hydrogens (tertiary/aromatic N) is 1. The lowest BCUT2D eigenvalue weighted by Crippen LogP contribution is -1.91. The number of thiazole rings is 1. The van der Waals surface area contributed by atoms with Gasteiger partial charge in [-0.05, 0) is 17.9 Å². The monoisotopic (exact) mass is 250 g/mol. The third-order valence-electron chi connectivity index (χ3n) is 2.17. The summed E-state index contributed by atoms with van der Waals surface area (Å²) in [5, 5.41) is 1.05. The van der Waals surface area contributed by atoms with Gasteiger partial charge in [-0.1, -0.05) is 19.1 Å². The van der Waals surface area contributed by atoms with Crippen LogP contribution >= 0.6 is 23.1 Å². The predicted octanol–water partition coefficient (Wildman–Crippen LogP) is 3.38. The molecule has 2 nitrogen and oxygen atoms in total. The van der Waals surface area contributed by atoms with Gasteiger partial charge in [0, 0.05) is 28.1 Å². The van der Waals surface area contributed by atoms with Crippen molar-refractivity contribution in [2.45, 2.75) is 18.4 Å². The molecule has 16 heavy (non-hydrogen) atoms. The fourth-order valence-electron chi connectivity index (χ4n) is 1.40. The maximum atomic E-state index is 5.57. The van der Waals surface area contributed by atoms with Crippen LogP contribution in [-0.2, 0) is 6.54 Å². The summed E-state index contributed by atoms with van der Waals surface area (Å²) in [6.07, 6.45) is 1.86. The second-order valence-corrected chi connectivity index (χ2v) is 5.75. The Bertz CT molecular complexity index is 448. The fourth-order valence-corrected chi connectivity index (χ4v) is 2.85. The van der Waals surface area contributed by atoms with E-state index in [-0.39, 0.29) is 0 Å². The van der Waals surface area contributed by atoms with E-state index in [0.29, 0.717) is 6.54 Å². The first kappa shape index (κ1) is 11.6. The van der Waals surface area contributed by atoms with E-state index in [1.807, 2.05) is 18.0 Å². The average Bonchev–Trinajstić information content (AvgIpc) is 2.79. The highest BCUT2D eigenvalue weighted by atomic mass is 32.2. The highest BCUT2D eigenvalue weighted by Gasteiger charge is 2.03. The Balaban J connectivity index is 2.20. The van der Waals surface area contributed by atoms with Crippen molar-refractivity contribution in [3.8, 4) is 10.6 Å². The lowest BCUT2D eigenvalue weighted by atomic mass is 10.2. The van der Waals surface area contributed by atoms with Gasteiger partial charge >= 0.3 is 0 Å². The zero-order valence-electron chi connectivity index (χ0n) is 9.14. The molecule has 84 valence electrons. The van der Waals surface area contributed by atoms with E-state index in [1.54, 1.807) is 11.3 Å². The lowest BCUT2D eigenvalue weighted by Gasteiger charge is -1.99. The van der Waals surface area contributed by atoms with Crippen LogP contribution in [0.15, 0.2) is 35.4 Å². The van der Waals surface area contributed by atoms with Gasteiger partial charge in [-0.25, -0.2) is 4.98 Å². The summed E-state index contributed by atoms with van der Waals surface area (Å²) in [7, 11) is 0. The molecule has 4 heteroatoms. The minimum absolute atomic E-state index is 0.571. The van der Waals surface area contributed by atoms with Crippen LogP contribution < -0.4 is 5.73 Å². The first-order valence-corrected chi connectivity index (χ1v) is 7.01. The van der Waals surface area contributed by atoms with Crippen LogP contribution in [0.25, 0.3) is 10.6 Å². The molecule has 0 aliphatic rings. The van der Waals surface area contributed by atoms with E-state index in [9.17, 15) is 0 Å². The van der Waals surface area contributed by atoms with Crippen molar-refractivity contribution in [1.82, 2.24) is 4.98 Å². The number of hydrogen-bond acceptors (Lipinski definition) is 4. The zero-order chi connectivity index (χ0) is 11.4. The molecule has 2 aromatic rings. The average molecular weight is 250 g/mol. The van der Waals surface area contributed by atoms with Crippen LogP contribution in [0.1, 0.15) is 11.8 Å². The fraction of sp³-hybridized carbons (Fsp3) is 0.250. The zero-order valence-corrected chi connectivity index (χ0v) is 10.8. The van der Waals surface area contributed by atoms with Gasteiger partial charge in [-0.2, -0.15) is 0 Å². The van der Waals surface area contributed by atoms with E-state index in [4.69, 9.17) is 5.73 Å². The molecule has 1 heterocycles. The molecular weight excluding hydrogens is 236 g/mol. The summed E-state index contributed by atoms with van der Waals surface area (Å²) in [4.78, 5) is 6.80. The third-order valence-corrected chi connectivity index (χ3v) is 4.13. The Hall–Kier alpha value is -0.840. The molecule has 0 saturated carbocycles. The molecule has 0 spiro atoms. The maximum Gasteiger partial charge on any atom is 0.123 e. The Kier molecular flexibility index (Phi) is 3.98. The molecule has 0 bridgehead atoms. The Labute approximate surface area is 104 Å². The predicted molar refractivity (Wildman–Crippen MR) is 71.8 cm³/mol. The molecule has 2 N–H and O–H groups in total. The second kappa shape index (κ2) is 5.48. The number of benzene rings is 1. The molecular formula is C12H14N2S2. The maximum absolute atomic E-state index is 5.57. The number of thioether (sulfide) groups is 1. The first-order chi connectivity index (χ1) is 7.83. The van der Waals surface area contributed by atoms with Crippen molar-refractivity contribution in [3.05, 3.63) is 35.3 Å². The van der Waals surface area contributed by atoms with Crippen molar-refractivity contribution in [2.75, 3.05) is 5.75 Å². The summed E-state index contributed by atoms with van der Waals surface area (Å²) in [6, 6.07) is 8.54. The van der Waals surface area contributed by atoms with E-state index in [0.717, 1.165) is 15.6 Å². The highest BCUT2D eigenvalue weighted by molar-refractivity contribution is 7.99. The quantitative estimate of drug-likeness (QED) is 0.845. The molecule has 2 rings (SSSR count). The van der Waals surface area contributed by atoms with Gasteiger partial charge in [0.25, 0.3) is 0 Å². The van der Waals surface area contributed by atoms with Gasteiger partial charge in [0.05, 0.1) is 0 Å². The van der Waals surface area contributed by atoms with Gasteiger partial charge in [-0.3, -0.25) is 0 Å². The normalized spacial score (nSPS) is 10.6.